The number of nitrogens with one attached hydrogen (secondary N) is 1. The quantitative estimate of drug-likeness (QED) is 0.256. The lowest BCUT2D eigenvalue weighted by molar-refractivity contribution is -0.274. The van der Waals surface area contributed by atoms with Crippen molar-refractivity contribution < 1.29 is 36.9 Å². The van der Waals surface area contributed by atoms with Crippen molar-refractivity contribution in [3.63, 3.8) is 0 Å². The van der Waals surface area contributed by atoms with Gasteiger partial charge in [-0.15, -0.1) is 18.3 Å². The van der Waals surface area contributed by atoms with Crippen molar-refractivity contribution in [3.05, 3.63) is 89.2 Å². The molecule has 1 aliphatic rings. The molecule has 0 bridgehead atoms. The molecule has 0 saturated heterocycles. The molecular weight excluding hydrogens is 567 g/mol. The highest BCUT2D eigenvalue weighted by molar-refractivity contribution is 6.06. The lowest BCUT2D eigenvalue weighted by Crippen LogP contribution is -2.33. The van der Waals surface area contributed by atoms with Crippen LogP contribution in [0.1, 0.15) is 27.2 Å². The fraction of sp³-hybridized carbons (Fsp3) is 0.300. The number of nitrogens with zero attached hydrogens (tertiary/aromatic N) is 4. The van der Waals surface area contributed by atoms with Gasteiger partial charge in [0.2, 0.25) is 0 Å². The lowest BCUT2D eigenvalue weighted by Gasteiger charge is -2.29. The van der Waals surface area contributed by atoms with Gasteiger partial charge in [0.15, 0.2) is 11.5 Å². The number of hydrogen-bond donors (Lipinski definition) is 1. The average molecular weight is 598 g/mol. The Hall–Kier alpha value is -4.78. The predicted molar refractivity (Wildman–Crippen MR) is 150 cm³/mol. The summed E-state index contributed by atoms with van der Waals surface area (Å²) in [6.07, 6.45) is -2.08. The molecule has 226 valence electrons. The van der Waals surface area contributed by atoms with Crippen LogP contribution >= 0.6 is 0 Å². The maximum atomic E-state index is 12.9. The van der Waals surface area contributed by atoms with Crippen LogP contribution in [0.4, 0.5) is 18.9 Å². The minimum absolute atomic E-state index is 0.0898. The minimum Gasteiger partial charge on any atom is -0.493 e. The summed E-state index contributed by atoms with van der Waals surface area (Å²) in [6, 6.07) is 15.6. The van der Waals surface area contributed by atoms with Gasteiger partial charge < -0.3 is 24.3 Å². The van der Waals surface area contributed by atoms with E-state index in [1.807, 2.05) is 12.1 Å². The normalized spacial score (nSPS) is 13.2. The Morgan fingerprint density at radius 1 is 0.953 bits per heavy atom. The molecule has 1 N–H and O–H groups in total. The van der Waals surface area contributed by atoms with Crippen LogP contribution in [-0.2, 0) is 26.1 Å². The van der Waals surface area contributed by atoms with E-state index in [0.717, 1.165) is 49.7 Å². The number of para-hydroxylation sites is 1. The molecular formula is C30H30F3N5O5. The van der Waals surface area contributed by atoms with Crippen molar-refractivity contribution in [1.82, 2.24) is 19.9 Å². The topological polar surface area (TPSA) is 100.0 Å². The number of anilines is 1. The van der Waals surface area contributed by atoms with Crippen molar-refractivity contribution in [2.75, 3.05) is 32.6 Å². The van der Waals surface area contributed by atoms with Crippen LogP contribution in [0.5, 0.6) is 23.0 Å². The van der Waals surface area contributed by atoms with Gasteiger partial charge in [0.05, 0.1) is 32.5 Å². The molecule has 0 saturated carbocycles. The Kier molecular flexibility index (Phi) is 9.00. The first kappa shape index (κ1) is 29.7. The maximum Gasteiger partial charge on any atom is 0.573 e. The van der Waals surface area contributed by atoms with E-state index in [2.05, 4.69) is 25.3 Å². The average Bonchev–Trinajstić information content (AvgIpc) is 3.46. The first-order valence-corrected chi connectivity index (χ1v) is 13.4. The summed E-state index contributed by atoms with van der Waals surface area (Å²) < 4.78 is 59.6. The van der Waals surface area contributed by atoms with E-state index in [-0.39, 0.29) is 17.9 Å². The third-order valence-electron chi connectivity index (χ3n) is 6.88. The predicted octanol–water partition coefficient (Wildman–Crippen LogP) is 5.08. The fourth-order valence-electron chi connectivity index (χ4n) is 4.76. The number of ether oxygens (including phenoxy) is 4. The third kappa shape index (κ3) is 7.74. The molecule has 2 heterocycles. The number of fused-ring (bicyclic) bond motifs is 1. The summed E-state index contributed by atoms with van der Waals surface area (Å²) in [6.45, 7) is 3.22. The Morgan fingerprint density at radius 2 is 1.67 bits per heavy atom. The summed E-state index contributed by atoms with van der Waals surface area (Å²) in [4.78, 5) is 15.2. The van der Waals surface area contributed by atoms with Crippen molar-refractivity contribution >= 4 is 11.6 Å². The standard InChI is InChI=1S/C30H30F3N5O5/c1-40-27-15-20-11-12-37(17-21(20)16-28(27)41-2)13-14-38-18-23(35-36-38)19-42-26-6-4-3-5-25(26)29(39)34-22-7-9-24(10-8-22)43-30(31,32)33/h3-10,15-16,18H,11-14,17,19H2,1-2H3,(H,34,39). The molecule has 0 unspecified atom stereocenters. The van der Waals surface area contributed by atoms with Crippen LogP contribution in [0.3, 0.4) is 0 Å². The molecule has 0 aliphatic carbocycles. The Labute approximate surface area is 245 Å². The van der Waals surface area contributed by atoms with Gasteiger partial charge in [-0.05, 0) is 66.1 Å². The van der Waals surface area contributed by atoms with Gasteiger partial charge in [-0.3, -0.25) is 14.4 Å². The number of hydrogen-bond acceptors (Lipinski definition) is 8. The van der Waals surface area contributed by atoms with Crippen molar-refractivity contribution in [2.24, 2.45) is 0 Å². The number of alkyl halides is 3. The van der Waals surface area contributed by atoms with Crippen LogP contribution in [0.25, 0.3) is 0 Å². The number of halogens is 3. The molecule has 4 aromatic rings. The van der Waals surface area contributed by atoms with E-state index in [4.69, 9.17) is 14.2 Å². The minimum atomic E-state index is -4.79. The van der Waals surface area contributed by atoms with Crippen LogP contribution in [0.2, 0.25) is 0 Å². The molecule has 1 aliphatic heterocycles. The first-order chi connectivity index (χ1) is 20.7. The SMILES string of the molecule is COc1cc2c(cc1OC)CN(CCn1cc(COc3ccccc3C(=O)Nc3ccc(OC(F)(F)F)cc3)nn1)CC2. The van der Waals surface area contributed by atoms with Gasteiger partial charge in [-0.25, -0.2) is 0 Å². The molecule has 43 heavy (non-hydrogen) atoms. The number of carbonyl (C=O) groups excluding carboxylic acids is 1. The monoisotopic (exact) mass is 597 g/mol. The van der Waals surface area contributed by atoms with Crippen LogP contribution in [0, 0.1) is 0 Å². The zero-order valence-electron chi connectivity index (χ0n) is 23.6. The molecule has 3 aromatic carbocycles. The van der Waals surface area contributed by atoms with E-state index in [1.165, 1.54) is 23.3 Å². The first-order valence-electron chi connectivity index (χ1n) is 13.4. The zero-order valence-corrected chi connectivity index (χ0v) is 23.6. The number of aromatic nitrogens is 3. The summed E-state index contributed by atoms with van der Waals surface area (Å²) in [5.74, 6) is 0.916. The maximum absolute atomic E-state index is 12.9. The van der Waals surface area contributed by atoms with E-state index in [9.17, 15) is 18.0 Å². The van der Waals surface area contributed by atoms with Gasteiger partial charge in [0.25, 0.3) is 5.91 Å². The molecule has 0 radical (unpaired) electrons. The number of amides is 1. The Bertz CT molecular complexity index is 1560. The second kappa shape index (κ2) is 13.0. The van der Waals surface area contributed by atoms with Gasteiger partial charge in [-0.2, -0.15) is 0 Å². The molecule has 0 spiro atoms. The number of carbonyl (C=O) groups is 1. The molecule has 0 fully saturated rings. The molecule has 13 heteroatoms. The molecule has 1 amide bonds. The van der Waals surface area contributed by atoms with Gasteiger partial charge >= 0.3 is 6.36 Å². The molecule has 0 atom stereocenters. The van der Waals surface area contributed by atoms with Crippen LogP contribution in [0.15, 0.2) is 66.9 Å². The van der Waals surface area contributed by atoms with E-state index in [1.54, 1.807) is 49.4 Å². The molecule has 10 nitrogen and oxygen atoms in total. The molecule has 1 aromatic heterocycles. The highest BCUT2D eigenvalue weighted by Gasteiger charge is 2.31. The summed E-state index contributed by atoms with van der Waals surface area (Å²) in [5.41, 5.74) is 3.62. The van der Waals surface area contributed by atoms with Gasteiger partial charge in [-0.1, -0.05) is 17.3 Å². The Morgan fingerprint density at radius 3 is 2.40 bits per heavy atom. The second-order valence-electron chi connectivity index (χ2n) is 9.79. The molecule has 5 rings (SSSR count). The number of methoxy groups -OCH3 is 2. The van der Waals surface area contributed by atoms with E-state index < -0.39 is 12.3 Å². The Balaban J connectivity index is 1.13. The largest absolute Gasteiger partial charge is 0.573 e. The highest BCUT2D eigenvalue weighted by atomic mass is 19.4. The van der Waals surface area contributed by atoms with Crippen LogP contribution in [-0.4, -0.2) is 59.5 Å². The number of rotatable bonds is 11. The van der Waals surface area contributed by atoms with Crippen LogP contribution < -0.4 is 24.3 Å². The fourth-order valence-corrected chi connectivity index (χ4v) is 4.76. The van der Waals surface area contributed by atoms with E-state index >= 15 is 0 Å². The highest BCUT2D eigenvalue weighted by Crippen LogP contribution is 2.33. The summed E-state index contributed by atoms with van der Waals surface area (Å²) in [5, 5.41) is 11.1. The lowest BCUT2D eigenvalue weighted by atomic mass is 9.99. The third-order valence-corrected chi connectivity index (χ3v) is 6.88. The van der Waals surface area contributed by atoms with Gasteiger partial charge in [0.1, 0.15) is 23.8 Å². The summed E-state index contributed by atoms with van der Waals surface area (Å²) >= 11 is 0. The van der Waals surface area contributed by atoms with Crippen molar-refractivity contribution in [2.45, 2.75) is 32.5 Å². The van der Waals surface area contributed by atoms with Crippen molar-refractivity contribution in [3.8, 4) is 23.0 Å². The smallest absolute Gasteiger partial charge is 0.493 e. The number of benzene rings is 3. The van der Waals surface area contributed by atoms with Gasteiger partial charge in [0, 0.05) is 25.3 Å². The second-order valence-corrected chi connectivity index (χ2v) is 9.79. The van der Waals surface area contributed by atoms with Crippen molar-refractivity contribution in [1.29, 1.82) is 0 Å². The summed E-state index contributed by atoms with van der Waals surface area (Å²) in [7, 11) is 3.27. The zero-order chi connectivity index (χ0) is 30.4. The van der Waals surface area contributed by atoms with E-state index in [0.29, 0.717) is 23.7 Å².